The minimum absolute atomic E-state index is 0.869. The summed E-state index contributed by atoms with van der Waals surface area (Å²) in [6, 6.07) is 17.6. The number of hydrogen-bond acceptors (Lipinski definition) is 4. The van der Waals surface area contributed by atoms with Crippen molar-refractivity contribution in [3.05, 3.63) is 79.5 Å². The van der Waals surface area contributed by atoms with Crippen LogP contribution in [-0.2, 0) is 0 Å². The summed E-state index contributed by atoms with van der Waals surface area (Å²) in [6.07, 6.45) is 6.64. The van der Waals surface area contributed by atoms with Crippen LogP contribution in [0.3, 0.4) is 0 Å². The van der Waals surface area contributed by atoms with Crippen LogP contribution in [0.25, 0.3) is 0 Å². The Morgan fingerprint density at radius 1 is 0.684 bits per heavy atom. The highest BCUT2D eigenvalue weighted by atomic mass is 15.0. The number of pyridine rings is 1. The van der Waals surface area contributed by atoms with Crippen LogP contribution in [0.4, 0.5) is 11.5 Å². The van der Waals surface area contributed by atoms with Crippen molar-refractivity contribution < 1.29 is 0 Å². The second-order valence-electron chi connectivity index (χ2n) is 3.61. The molecule has 1 aromatic carbocycles. The number of nitrogens with zero attached hydrogens (tertiary/aromatic N) is 3. The fourth-order valence-electron chi connectivity index (χ4n) is 1.36. The molecule has 3 aromatic rings. The van der Waals surface area contributed by atoms with Crippen molar-refractivity contribution in [2.24, 2.45) is 0 Å². The Labute approximate surface area is 112 Å². The lowest BCUT2D eigenvalue weighted by molar-refractivity contribution is 1.17. The third kappa shape index (κ3) is 4.95. The molecule has 0 fully saturated rings. The Bertz CT molecular complexity index is 491. The van der Waals surface area contributed by atoms with E-state index in [4.69, 9.17) is 0 Å². The molecule has 0 unspecified atom stereocenters. The van der Waals surface area contributed by atoms with E-state index in [1.54, 1.807) is 24.7 Å². The van der Waals surface area contributed by atoms with E-state index in [1.807, 2.05) is 48.5 Å². The van der Waals surface area contributed by atoms with Crippen LogP contribution in [0.15, 0.2) is 79.5 Å². The molecule has 2 aromatic heterocycles. The lowest BCUT2D eigenvalue weighted by atomic mass is 10.3. The van der Waals surface area contributed by atoms with E-state index < -0.39 is 0 Å². The van der Waals surface area contributed by atoms with Crippen LogP contribution < -0.4 is 5.32 Å². The Kier molecular flexibility index (Phi) is 5.05. The first-order valence-electron chi connectivity index (χ1n) is 5.88. The summed E-state index contributed by atoms with van der Waals surface area (Å²) in [4.78, 5) is 11.5. The molecule has 2 heterocycles. The van der Waals surface area contributed by atoms with E-state index in [2.05, 4.69) is 20.3 Å². The fraction of sp³-hybridized carbons (Fsp3) is 0. The molecule has 0 atom stereocenters. The summed E-state index contributed by atoms with van der Waals surface area (Å²) in [7, 11) is 0. The summed E-state index contributed by atoms with van der Waals surface area (Å²) in [5.74, 6) is 0.869. The standard InChI is InChI=1S/C11H10N2.C4H4N2/c1-2-6-10(7-3-1)13-11-8-4-5-9-12-11;1-2-5-4-6-3-1/h1-9H,(H,12,13);1-4H. The normalized spacial score (nSPS) is 9.05. The third-order valence-electron chi connectivity index (χ3n) is 2.19. The van der Waals surface area contributed by atoms with Gasteiger partial charge in [0, 0.05) is 24.3 Å². The highest BCUT2D eigenvalue weighted by Crippen LogP contribution is 2.11. The van der Waals surface area contributed by atoms with E-state index in [9.17, 15) is 0 Å². The van der Waals surface area contributed by atoms with Crippen molar-refractivity contribution in [2.75, 3.05) is 5.32 Å². The topological polar surface area (TPSA) is 50.7 Å². The monoisotopic (exact) mass is 250 g/mol. The van der Waals surface area contributed by atoms with Gasteiger partial charge in [0.15, 0.2) is 0 Å². The van der Waals surface area contributed by atoms with Gasteiger partial charge in [0.2, 0.25) is 0 Å². The van der Waals surface area contributed by atoms with Crippen LogP contribution >= 0.6 is 0 Å². The van der Waals surface area contributed by atoms with E-state index >= 15 is 0 Å². The molecule has 0 aliphatic heterocycles. The lowest BCUT2D eigenvalue weighted by Crippen LogP contribution is -1.91. The van der Waals surface area contributed by atoms with Crippen molar-refractivity contribution in [3.63, 3.8) is 0 Å². The van der Waals surface area contributed by atoms with Crippen molar-refractivity contribution in [1.29, 1.82) is 0 Å². The second-order valence-corrected chi connectivity index (χ2v) is 3.61. The number of para-hydroxylation sites is 1. The van der Waals surface area contributed by atoms with Gasteiger partial charge in [0.25, 0.3) is 0 Å². The van der Waals surface area contributed by atoms with Crippen molar-refractivity contribution in [1.82, 2.24) is 15.0 Å². The number of aromatic nitrogens is 3. The van der Waals surface area contributed by atoms with Gasteiger partial charge in [-0.1, -0.05) is 24.3 Å². The molecule has 0 amide bonds. The van der Waals surface area contributed by atoms with Gasteiger partial charge in [-0.15, -0.1) is 0 Å². The largest absolute Gasteiger partial charge is 0.340 e. The Hall–Kier alpha value is -2.75. The molecule has 0 radical (unpaired) electrons. The van der Waals surface area contributed by atoms with Crippen LogP contribution in [0.1, 0.15) is 0 Å². The van der Waals surface area contributed by atoms with Crippen molar-refractivity contribution in [3.8, 4) is 0 Å². The molecule has 0 saturated heterocycles. The minimum atomic E-state index is 0.869. The molecular weight excluding hydrogens is 236 g/mol. The van der Waals surface area contributed by atoms with Crippen molar-refractivity contribution >= 4 is 11.5 Å². The van der Waals surface area contributed by atoms with Gasteiger partial charge < -0.3 is 5.32 Å². The van der Waals surface area contributed by atoms with Gasteiger partial charge in [-0.05, 0) is 30.3 Å². The molecule has 0 spiro atoms. The summed E-state index contributed by atoms with van der Waals surface area (Å²) in [6.45, 7) is 0. The summed E-state index contributed by atoms with van der Waals surface area (Å²) in [5, 5.41) is 3.19. The number of nitrogens with one attached hydrogen (secondary N) is 1. The molecular formula is C15H14N4. The average molecular weight is 250 g/mol. The van der Waals surface area contributed by atoms with Crippen LogP contribution in [0.2, 0.25) is 0 Å². The number of benzene rings is 1. The summed E-state index contributed by atoms with van der Waals surface area (Å²) in [5.41, 5.74) is 1.06. The molecule has 0 saturated carbocycles. The molecule has 3 rings (SSSR count). The maximum absolute atomic E-state index is 4.16. The molecule has 0 bridgehead atoms. The molecule has 19 heavy (non-hydrogen) atoms. The smallest absolute Gasteiger partial charge is 0.130 e. The van der Waals surface area contributed by atoms with Crippen LogP contribution in [-0.4, -0.2) is 15.0 Å². The average Bonchev–Trinajstić information content (AvgIpc) is 2.52. The number of anilines is 2. The predicted molar refractivity (Wildman–Crippen MR) is 76.0 cm³/mol. The van der Waals surface area contributed by atoms with Crippen LogP contribution in [0.5, 0.6) is 0 Å². The summed E-state index contributed by atoms with van der Waals surface area (Å²) < 4.78 is 0. The molecule has 0 aliphatic carbocycles. The Balaban J connectivity index is 0.000000186. The van der Waals surface area contributed by atoms with E-state index in [-0.39, 0.29) is 0 Å². The zero-order valence-electron chi connectivity index (χ0n) is 10.3. The van der Waals surface area contributed by atoms with Gasteiger partial charge in [0.05, 0.1) is 0 Å². The fourth-order valence-corrected chi connectivity index (χ4v) is 1.36. The number of hydrogen-bond donors (Lipinski definition) is 1. The third-order valence-corrected chi connectivity index (χ3v) is 2.19. The zero-order valence-corrected chi connectivity index (χ0v) is 10.3. The van der Waals surface area contributed by atoms with E-state index in [0.29, 0.717) is 0 Å². The molecule has 94 valence electrons. The molecule has 1 N–H and O–H groups in total. The lowest BCUT2D eigenvalue weighted by Gasteiger charge is -2.03. The van der Waals surface area contributed by atoms with E-state index in [1.165, 1.54) is 6.33 Å². The SMILES string of the molecule is c1ccc(Nc2ccccn2)cc1.c1cncnc1. The second kappa shape index (κ2) is 7.55. The Morgan fingerprint density at radius 2 is 1.42 bits per heavy atom. The zero-order chi connectivity index (χ0) is 13.2. The van der Waals surface area contributed by atoms with Gasteiger partial charge in [-0.2, -0.15) is 0 Å². The van der Waals surface area contributed by atoms with Gasteiger partial charge in [0.1, 0.15) is 12.1 Å². The minimum Gasteiger partial charge on any atom is -0.340 e. The van der Waals surface area contributed by atoms with Gasteiger partial charge >= 0.3 is 0 Å². The Morgan fingerprint density at radius 3 is 1.95 bits per heavy atom. The molecule has 4 nitrogen and oxygen atoms in total. The van der Waals surface area contributed by atoms with E-state index in [0.717, 1.165) is 11.5 Å². The van der Waals surface area contributed by atoms with Crippen LogP contribution in [0, 0.1) is 0 Å². The van der Waals surface area contributed by atoms with Gasteiger partial charge in [-0.25, -0.2) is 15.0 Å². The first kappa shape index (κ1) is 12.7. The molecule has 4 heteroatoms. The highest BCUT2D eigenvalue weighted by molar-refractivity contribution is 5.55. The summed E-state index contributed by atoms with van der Waals surface area (Å²) >= 11 is 0. The number of rotatable bonds is 2. The maximum atomic E-state index is 4.16. The molecule has 0 aliphatic rings. The predicted octanol–water partition coefficient (Wildman–Crippen LogP) is 3.30. The maximum Gasteiger partial charge on any atom is 0.130 e. The quantitative estimate of drug-likeness (QED) is 0.758. The first-order chi connectivity index (χ1) is 9.45. The highest BCUT2D eigenvalue weighted by Gasteiger charge is 1.91. The van der Waals surface area contributed by atoms with Crippen molar-refractivity contribution in [2.45, 2.75) is 0 Å². The first-order valence-corrected chi connectivity index (χ1v) is 5.88. The van der Waals surface area contributed by atoms with Gasteiger partial charge in [-0.3, -0.25) is 0 Å².